The molecule has 0 bridgehead atoms. The molecule has 0 radical (unpaired) electrons. The van der Waals surface area contributed by atoms with Gasteiger partial charge in [-0.2, -0.15) is 5.10 Å². The Labute approximate surface area is 134 Å². The third kappa shape index (κ3) is 4.72. The SMILES string of the molecule is CCCNC(CCC1CCCC1)Cc1c(C)nn(C)c1Cl. The molecule has 2 rings (SSSR count). The van der Waals surface area contributed by atoms with Crippen LogP contribution in [0.3, 0.4) is 0 Å². The first kappa shape index (κ1) is 16.8. The Morgan fingerprint density at radius 3 is 2.67 bits per heavy atom. The molecule has 4 heteroatoms. The molecule has 0 saturated heterocycles. The fourth-order valence-electron chi connectivity index (χ4n) is 3.51. The Kier molecular flexibility index (Phi) is 6.56. The van der Waals surface area contributed by atoms with Crippen molar-refractivity contribution >= 4 is 11.6 Å². The molecule has 120 valence electrons. The van der Waals surface area contributed by atoms with Gasteiger partial charge in [-0.25, -0.2) is 0 Å². The number of halogens is 1. The molecule has 1 atom stereocenters. The largest absolute Gasteiger partial charge is 0.314 e. The minimum Gasteiger partial charge on any atom is -0.314 e. The summed E-state index contributed by atoms with van der Waals surface area (Å²) >= 11 is 6.39. The van der Waals surface area contributed by atoms with E-state index in [0.29, 0.717) is 6.04 Å². The zero-order valence-electron chi connectivity index (χ0n) is 13.8. The molecule has 1 heterocycles. The van der Waals surface area contributed by atoms with Crippen LogP contribution >= 0.6 is 11.6 Å². The lowest BCUT2D eigenvalue weighted by Crippen LogP contribution is -2.32. The van der Waals surface area contributed by atoms with E-state index in [1.807, 2.05) is 7.05 Å². The van der Waals surface area contributed by atoms with Gasteiger partial charge in [0.25, 0.3) is 0 Å². The zero-order valence-corrected chi connectivity index (χ0v) is 14.5. The maximum atomic E-state index is 6.39. The van der Waals surface area contributed by atoms with Gasteiger partial charge in [-0.15, -0.1) is 0 Å². The van der Waals surface area contributed by atoms with Crippen molar-refractivity contribution in [1.29, 1.82) is 0 Å². The van der Waals surface area contributed by atoms with Gasteiger partial charge in [0, 0.05) is 18.7 Å². The highest BCUT2D eigenvalue weighted by Crippen LogP contribution is 2.30. The predicted octanol–water partition coefficient (Wildman–Crippen LogP) is 4.26. The predicted molar refractivity (Wildman–Crippen MR) is 89.9 cm³/mol. The van der Waals surface area contributed by atoms with Gasteiger partial charge in [-0.3, -0.25) is 4.68 Å². The molecule has 1 N–H and O–H groups in total. The average Bonchev–Trinajstić information content (AvgIpc) is 3.05. The van der Waals surface area contributed by atoms with Gasteiger partial charge < -0.3 is 5.32 Å². The van der Waals surface area contributed by atoms with Crippen molar-refractivity contribution in [3.05, 3.63) is 16.4 Å². The maximum absolute atomic E-state index is 6.39. The number of hydrogen-bond acceptors (Lipinski definition) is 2. The lowest BCUT2D eigenvalue weighted by molar-refractivity contribution is 0.402. The standard InChI is InChI=1S/C17H30ClN3/c1-4-11-19-15(10-9-14-7-5-6-8-14)12-16-13(2)20-21(3)17(16)18/h14-15,19H,4-12H2,1-3H3. The van der Waals surface area contributed by atoms with E-state index in [-0.39, 0.29) is 0 Å². The van der Waals surface area contributed by atoms with E-state index >= 15 is 0 Å². The molecule has 1 aromatic heterocycles. The topological polar surface area (TPSA) is 29.9 Å². The van der Waals surface area contributed by atoms with E-state index < -0.39 is 0 Å². The highest BCUT2D eigenvalue weighted by molar-refractivity contribution is 6.30. The second-order valence-electron chi connectivity index (χ2n) is 6.56. The Balaban J connectivity index is 1.94. The fourth-order valence-corrected chi connectivity index (χ4v) is 3.76. The average molecular weight is 312 g/mol. The minimum atomic E-state index is 0.533. The summed E-state index contributed by atoms with van der Waals surface area (Å²) in [5.74, 6) is 0.960. The van der Waals surface area contributed by atoms with Crippen molar-refractivity contribution in [2.24, 2.45) is 13.0 Å². The number of nitrogens with zero attached hydrogens (tertiary/aromatic N) is 2. The molecule has 1 aromatic rings. The maximum Gasteiger partial charge on any atom is 0.130 e. The van der Waals surface area contributed by atoms with E-state index in [4.69, 9.17) is 11.6 Å². The Hall–Kier alpha value is -0.540. The number of rotatable bonds is 8. The summed E-state index contributed by atoms with van der Waals surface area (Å²) in [5, 5.41) is 8.95. The normalized spacial score (nSPS) is 17.5. The summed E-state index contributed by atoms with van der Waals surface area (Å²) in [7, 11) is 1.92. The second kappa shape index (κ2) is 8.19. The molecular formula is C17H30ClN3. The number of hydrogen-bond donors (Lipinski definition) is 1. The Morgan fingerprint density at radius 1 is 1.38 bits per heavy atom. The molecule has 1 aliphatic rings. The van der Waals surface area contributed by atoms with Crippen molar-refractivity contribution in [3.63, 3.8) is 0 Å². The van der Waals surface area contributed by atoms with Crippen LogP contribution in [-0.4, -0.2) is 22.4 Å². The van der Waals surface area contributed by atoms with Crippen LogP contribution in [-0.2, 0) is 13.5 Å². The van der Waals surface area contributed by atoms with Gasteiger partial charge in [0.15, 0.2) is 0 Å². The van der Waals surface area contributed by atoms with Crippen molar-refractivity contribution < 1.29 is 0 Å². The van der Waals surface area contributed by atoms with Crippen molar-refractivity contribution in [1.82, 2.24) is 15.1 Å². The molecule has 1 aliphatic carbocycles. The highest BCUT2D eigenvalue weighted by Gasteiger charge is 2.20. The van der Waals surface area contributed by atoms with Crippen LogP contribution in [0.2, 0.25) is 5.15 Å². The Bertz CT molecular complexity index is 435. The van der Waals surface area contributed by atoms with Crippen LogP contribution in [0.15, 0.2) is 0 Å². The lowest BCUT2D eigenvalue weighted by Gasteiger charge is -2.20. The Morgan fingerprint density at radius 2 is 2.10 bits per heavy atom. The summed E-state index contributed by atoms with van der Waals surface area (Å²) in [6, 6.07) is 0.533. The third-order valence-corrected chi connectivity index (χ3v) is 5.27. The van der Waals surface area contributed by atoms with Crippen molar-refractivity contribution in [2.45, 2.75) is 71.3 Å². The van der Waals surface area contributed by atoms with Gasteiger partial charge in [-0.1, -0.05) is 44.2 Å². The number of aromatic nitrogens is 2. The summed E-state index contributed by atoms with van der Waals surface area (Å²) < 4.78 is 1.79. The monoisotopic (exact) mass is 311 g/mol. The molecule has 0 aromatic carbocycles. The first-order valence-corrected chi connectivity index (χ1v) is 8.91. The van der Waals surface area contributed by atoms with Crippen molar-refractivity contribution in [3.8, 4) is 0 Å². The quantitative estimate of drug-likeness (QED) is 0.777. The highest BCUT2D eigenvalue weighted by atomic mass is 35.5. The number of nitrogens with one attached hydrogen (secondary N) is 1. The number of aryl methyl sites for hydroxylation is 2. The van der Waals surface area contributed by atoms with Gasteiger partial charge in [0.05, 0.1) is 5.69 Å². The van der Waals surface area contributed by atoms with Crippen LogP contribution in [0, 0.1) is 12.8 Å². The van der Waals surface area contributed by atoms with Gasteiger partial charge >= 0.3 is 0 Å². The smallest absolute Gasteiger partial charge is 0.130 e. The van der Waals surface area contributed by atoms with E-state index in [2.05, 4.69) is 24.3 Å². The van der Waals surface area contributed by atoms with Gasteiger partial charge in [0.1, 0.15) is 5.15 Å². The molecule has 0 spiro atoms. The molecule has 21 heavy (non-hydrogen) atoms. The summed E-state index contributed by atoms with van der Waals surface area (Å²) in [6.07, 6.45) is 10.6. The first-order chi connectivity index (χ1) is 10.1. The van der Waals surface area contributed by atoms with Crippen LogP contribution in [0.25, 0.3) is 0 Å². The van der Waals surface area contributed by atoms with Crippen LogP contribution in [0.5, 0.6) is 0 Å². The second-order valence-corrected chi connectivity index (χ2v) is 6.92. The van der Waals surface area contributed by atoms with Crippen molar-refractivity contribution in [2.75, 3.05) is 6.54 Å². The molecule has 0 amide bonds. The summed E-state index contributed by atoms with van der Waals surface area (Å²) in [5.41, 5.74) is 2.30. The molecule has 1 saturated carbocycles. The molecule has 1 fully saturated rings. The lowest BCUT2D eigenvalue weighted by atomic mass is 9.95. The minimum absolute atomic E-state index is 0.533. The van der Waals surface area contributed by atoms with Crippen LogP contribution in [0.1, 0.15) is 63.1 Å². The van der Waals surface area contributed by atoms with E-state index in [0.717, 1.165) is 29.7 Å². The molecule has 1 unspecified atom stereocenters. The van der Waals surface area contributed by atoms with Crippen LogP contribution in [0.4, 0.5) is 0 Å². The fraction of sp³-hybridized carbons (Fsp3) is 0.824. The van der Waals surface area contributed by atoms with Gasteiger partial charge in [-0.05, 0) is 45.1 Å². The van der Waals surface area contributed by atoms with E-state index in [9.17, 15) is 0 Å². The summed E-state index contributed by atoms with van der Waals surface area (Å²) in [4.78, 5) is 0. The van der Waals surface area contributed by atoms with E-state index in [1.54, 1.807) is 4.68 Å². The van der Waals surface area contributed by atoms with E-state index in [1.165, 1.54) is 50.5 Å². The zero-order chi connectivity index (χ0) is 15.2. The molecule has 0 aliphatic heterocycles. The third-order valence-electron chi connectivity index (χ3n) is 4.80. The van der Waals surface area contributed by atoms with Crippen LogP contribution < -0.4 is 5.32 Å². The first-order valence-electron chi connectivity index (χ1n) is 8.53. The summed E-state index contributed by atoms with van der Waals surface area (Å²) in [6.45, 7) is 5.38. The molecule has 3 nitrogen and oxygen atoms in total. The molecular weight excluding hydrogens is 282 g/mol. The van der Waals surface area contributed by atoms with Gasteiger partial charge in [0.2, 0.25) is 0 Å².